The number of alkyl halides is 1. The van der Waals surface area contributed by atoms with Crippen molar-refractivity contribution in [1.29, 1.82) is 0 Å². The van der Waals surface area contributed by atoms with Crippen molar-refractivity contribution in [2.45, 2.75) is 19.3 Å². The summed E-state index contributed by atoms with van der Waals surface area (Å²) in [4.78, 5) is 0. The Balaban J connectivity index is 1.76. The SMILES string of the molecule is ClCC(COCC1CC1)Cc1cccc(Br)c1. The van der Waals surface area contributed by atoms with Crippen molar-refractivity contribution in [2.75, 3.05) is 19.1 Å². The maximum absolute atomic E-state index is 6.00. The summed E-state index contributed by atoms with van der Waals surface area (Å²) in [5.74, 6) is 1.92. The molecule has 2 rings (SSSR count). The van der Waals surface area contributed by atoms with Crippen LogP contribution in [-0.2, 0) is 11.2 Å². The Morgan fingerprint density at radius 2 is 2.24 bits per heavy atom. The molecule has 1 aromatic carbocycles. The number of benzene rings is 1. The summed E-state index contributed by atoms with van der Waals surface area (Å²) in [7, 11) is 0. The maximum atomic E-state index is 6.00. The van der Waals surface area contributed by atoms with Crippen LogP contribution in [0.25, 0.3) is 0 Å². The van der Waals surface area contributed by atoms with Gasteiger partial charge in [-0.2, -0.15) is 0 Å². The first-order valence-electron chi connectivity index (χ1n) is 6.16. The fourth-order valence-electron chi connectivity index (χ4n) is 1.84. The number of halogens is 2. The molecule has 0 radical (unpaired) electrons. The van der Waals surface area contributed by atoms with Gasteiger partial charge in [0, 0.05) is 17.0 Å². The molecular formula is C14H18BrClO. The van der Waals surface area contributed by atoms with Gasteiger partial charge >= 0.3 is 0 Å². The highest BCUT2D eigenvalue weighted by Gasteiger charge is 2.21. The second kappa shape index (κ2) is 6.77. The molecule has 17 heavy (non-hydrogen) atoms. The minimum absolute atomic E-state index is 0.421. The van der Waals surface area contributed by atoms with Crippen LogP contribution in [0.5, 0.6) is 0 Å². The lowest BCUT2D eigenvalue weighted by Gasteiger charge is -2.14. The van der Waals surface area contributed by atoms with Crippen LogP contribution in [0.1, 0.15) is 18.4 Å². The quantitative estimate of drug-likeness (QED) is 0.682. The van der Waals surface area contributed by atoms with E-state index in [1.807, 2.05) is 6.07 Å². The molecule has 94 valence electrons. The molecule has 1 fully saturated rings. The van der Waals surface area contributed by atoms with E-state index in [1.165, 1.54) is 18.4 Å². The van der Waals surface area contributed by atoms with E-state index in [1.54, 1.807) is 0 Å². The second-order valence-electron chi connectivity index (χ2n) is 4.84. The lowest BCUT2D eigenvalue weighted by molar-refractivity contribution is 0.0972. The first-order valence-corrected chi connectivity index (χ1v) is 7.49. The van der Waals surface area contributed by atoms with Crippen LogP contribution in [0, 0.1) is 11.8 Å². The molecule has 0 saturated heterocycles. The van der Waals surface area contributed by atoms with Crippen LogP contribution in [0.3, 0.4) is 0 Å². The van der Waals surface area contributed by atoms with E-state index in [9.17, 15) is 0 Å². The van der Waals surface area contributed by atoms with Crippen LogP contribution >= 0.6 is 27.5 Å². The minimum Gasteiger partial charge on any atom is -0.381 e. The summed E-state index contributed by atoms with van der Waals surface area (Å²) < 4.78 is 6.84. The Kier molecular flexibility index (Phi) is 5.33. The smallest absolute Gasteiger partial charge is 0.0509 e. The van der Waals surface area contributed by atoms with Gasteiger partial charge in [-0.3, -0.25) is 0 Å². The van der Waals surface area contributed by atoms with Crippen molar-refractivity contribution in [2.24, 2.45) is 11.8 Å². The monoisotopic (exact) mass is 316 g/mol. The number of rotatable bonds is 7. The maximum Gasteiger partial charge on any atom is 0.0509 e. The molecule has 1 aliphatic rings. The Morgan fingerprint density at radius 1 is 1.41 bits per heavy atom. The largest absolute Gasteiger partial charge is 0.381 e. The fraction of sp³-hybridized carbons (Fsp3) is 0.571. The van der Waals surface area contributed by atoms with Gasteiger partial charge in [0.05, 0.1) is 6.61 Å². The highest BCUT2D eigenvalue weighted by atomic mass is 79.9. The highest BCUT2D eigenvalue weighted by Crippen LogP contribution is 2.29. The number of hydrogen-bond donors (Lipinski definition) is 0. The fourth-order valence-corrected chi connectivity index (χ4v) is 2.49. The summed E-state index contributed by atoms with van der Waals surface area (Å²) in [6, 6.07) is 8.41. The highest BCUT2D eigenvalue weighted by molar-refractivity contribution is 9.10. The van der Waals surface area contributed by atoms with Crippen molar-refractivity contribution >= 4 is 27.5 Å². The first-order chi connectivity index (χ1) is 8.28. The zero-order chi connectivity index (χ0) is 12.1. The van der Waals surface area contributed by atoms with Gasteiger partial charge in [-0.05, 0) is 48.8 Å². The summed E-state index contributed by atoms with van der Waals surface area (Å²) in [5, 5.41) is 0. The Hall–Kier alpha value is -0.0500. The number of hydrogen-bond acceptors (Lipinski definition) is 1. The molecule has 0 N–H and O–H groups in total. The predicted molar refractivity (Wildman–Crippen MR) is 75.6 cm³/mol. The van der Waals surface area contributed by atoms with Gasteiger partial charge in [-0.1, -0.05) is 28.1 Å². The third kappa shape index (κ3) is 4.99. The summed E-state index contributed by atoms with van der Waals surface area (Å²) in [6.07, 6.45) is 3.68. The van der Waals surface area contributed by atoms with Gasteiger partial charge in [-0.15, -0.1) is 11.6 Å². The zero-order valence-corrected chi connectivity index (χ0v) is 12.2. The normalized spacial score (nSPS) is 17.1. The van der Waals surface area contributed by atoms with Gasteiger partial charge < -0.3 is 4.74 Å². The predicted octanol–water partition coefficient (Wildman–Crippen LogP) is 4.27. The van der Waals surface area contributed by atoms with E-state index in [4.69, 9.17) is 16.3 Å². The van der Waals surface area contributed by atoms with Crippen LogP contribution in [0.2, 0.25) is 0 Å². The molecule has 1 aromatic rings. The molecular weight excluding hydrogens is 300 g/mol. The zero-order valence-electron chi connectivity index (χ0n) is 9.87. The molecule has 1 saturated carbocycles. The Morgan fingerprint density at radius 3 is 2.88 bits per heavy atom. The van der Waals surface area contributed by atoms with Gasteiger partial charge in [0.25, 0.3) is 0 Å². The average Bonchev–Trinajstić information content (AvgIpc) is 3.12. The van der Waals surface area contributed by atoms with E-state index in [0.717, 1.165) is 30.0 Å². The molecule has 0 aromatic heterocycles. The van der Waals surface area contributed by atoms with Gasteiger partial charge in [-0.25, -0.2) is 0 Å². The molecule has 1 unspecified atom stereocenters. The summed E-state index contributed by atoms with van der Waals surface area (Å²) >= 11 is 9.49. The van der Waals surface area contributed by atoms with Crippen LogP contribution in [0.15, 0.2) is 28.7 Å². The molecule has 0 heterocycles. The van der Waals surface area contributed by atoms with Gasteiger partial charge in [0.15, 0.2) is 0 Å². The van der Waals surface area contributed by atoms with Gasteiger partial charge in [0.2, 0.25) is 0 Å². The second-order valence-corrected chi connectivity index (χ2v) is 6.06. The van der Waals surface area contributed by atoms with Crippen LogP contribution < -0.4 is 0 Å². The third-order valence-electron chi connectivity index (χ3n) is 3.04. The average molecular weight is 318 g/mol. The Labute approximate surface area is 117 Å². The number of ether oxygens (including phenoxy) is 1. The minimum atomic E-state index is 0.421. The molecule has 0 amide bonds. The molecule has 1 nitrogen and oxygen atoms in total. The van der Waals surface area contributed by atoms with Crippen molar-refractivity contribution in [1.82, 2.24) is 0 Å². The standard InChI is InChI=1S/C14H18BrClO/c15-14-3-1-2-12(7-14)6-13(8-16)10-17-9-11-4-5-11/h1-3,7,11,13H,4-6,8-10H2. The van der Waals surface area contributed by atoms with E-state index >= 15 is 0 Å². The van der Waals surface area contributed by atoms with Crippen LogP contribution in [0.4, 0.5) is 0 Å². The molecule has 1 atom stereocenters. The van der Waals surface area contributed by atoms with E-state index in [0.29, 0.717) is 11.8 Å². The van der Waals surface area contributed by atoms with Crippen molar-refractivity contribution < 1.29 is 4.74 Å². The van der Waals surface area contributed by atoms with Gasteiger partial charge in [0.1, 0.15) is 0 Å². The lowest BCUT2D eigenvalue weighted by Crippen LogP contribution is -2.15. The van der Waals surface area contributed by atoms with Crippen LogP contribution in [-0.4, -0.2) is 19.1 Å². The summed E-state index contributed by atoms with van der Waals surface area (Å²) in [6.45, 7) is 1.71. The first kappa shape index (κ1) is 13.4. The third-order valence-corrected chi connectivity index (χ3v) is 3.97. The van der Waals surface area contributed by atoms with Crippen molar-refractivity contribution in [3.8, 4) is 0 Å². The van der Waals surface area contributed by atoms with E-state index in [2.05, 4.69) is 34.1 Å². The van der Waals surface area contributed by atoms with E-state index < -0.39 is 0 Å². The Bertz CT molecular complexity index is 352. The lowest BCUT2D eigenvalue weighted by atomic mass is 10.0. The summed E-state index contributed by atoms with van der Waals surface area (Å²) in [5.41, 5.74) is 1.32. The van der Waals surface area contributed by atoms with Crippen molar-refractivity contribution in [3.63, 3.8) is 0 Å². The van der Waals surface area contributed by atoms with Crippen molar-refractivity contribution in [3.05, 3.63) is 34.3 Å². The molecule has 0 spiro atoms. The topological polar surface area (TPSA) is 9.23 Å². The molecule has 0 aliphatic heterocycles. The molecule has 3 heteroatoms. The van der Waals surface area contributed by atoms with E-state index in [-0.39, 0.29) is 0 Å². The molecule has 1 aliphatic carbocycles. The molecule has 0 bridgehead atoms.